The van der Waals surface area contributed by atoms with Gasteiger partial charge in [-0.2, -0.15) is 8.78 Å². The summed E-state index contributed by atoms with van der Waals surface area (Å²) in [6.45, 7) is -1.83. The Morgan fingerprint density at radius 3 is 2.58 bits per heavy atom. The molecule has 2 rings (SSSR count). The van der Waals surface area contributed by atoms with Gasteiger partial charge in [0.25, 0.3) is 5.69 Å². The molecule has 0 radical (unpaired) electrons. The van der Waals surface area contributed by atoms with E-state index in [-0.39, 0.29) is 29.2 Å². The normalized spacial score (nSPS) is 10.5. The largest absolute Gasteiger partial charge is 0.457 e. The molecule has 6 nitrogen and oxygen atoms in total. The van der Waals surface area contributed by atoms with Crippen LogP contribution in [0.4, 0.5) is 14.5 Å². The summed E-state index contributed by atoms with van der Waals surface area (Å²) in [5.41, 5.74) is 0.0561. The Labute approximate surface area is 135 Å². The highest BCUT2D eigenvalue weighted by Gasteiger charge is 2.24. The Balaban J connectivity index is 2.20. The van der Waals surface area contributed by atoms with E-state index in [9.17, 15) is 23.7 Å². The predicted molar refractivity (Wildman–Crippen MR) is 80.0 cm³/mol. The van der Waals surface area contributed by atoms with E-state index in [2.05, 4.69) is 4.74 Å². The highest BCUT2D eigenvalue weighted by Crippen LogP contribution is 2.25. The number of carbonyl (C=O) groups excluding carboxylic acids is 1. The number of aryl methyl sites for hydroxylation is 1. The molecule has 0 aliphatic heterocycles. The fraction of sp³-hybridized carbons (Fsp3) is 0.188. The summed E-state index contributed by atoms with van der Waals surface area (Å²) in [6.07, 6.45) is 0. The molecule has 2 aromatic carbocycles. The average molecular weight is 337 g/mol. The summed E-state index contributed by atoms with van der Waals surface area (Å²) in [5.74, 6) is -1.04. The highest BCUT2D eigenvalue weighted by atomic mass is 19.3. The fourth-order valence-electron chi connectivity index (χ4n) is 2.12. The predicted octanol–water partition coefficient (Wildman–Crippen LogP) is 3.86. The first-order chi connectivity index (χ1) is 11.4. The van der Waals surface area contributed by atoms with Crippen LogP contribution in [-0.2, 0) is 11.3 Å². The molecule has 0 aliphatic rings. The van der Waals surface area contributed by atoms with E-state index >= 15 is 0 Å². The lowest BCUT2D eigenvalue weighted by Crippen LogP contribution is -2.11. The van der Waals surface area contributed by atoms with Crippen LogP contribution in [0.1, 0.15) is 21.5 Å². The van der Waals surface area contributed by atoms with Crippen molar-refractivity contribution in [2.75, 3.05) is 0 Å². The Kier molecular flexibility index (Phi) is 5.41. The first-order valence-electron chi connectivity index (χ1n) is 6.84. The van der Waals surface area contributed by atoms with Crippen molar-refractivity contribution in [1.82, 2.24) is 0 Å². The second-order valence-corrected chi connectivity index (χ2v) is 4.79. The molecule has 0 unspecified atom stereocenters. The lowest BCUT2D eigenvalue weighted by Gasteiger charge is -2.11. The molecule has 0 fully saturated rings. The minimum atomic E-state index is -3.01. The number of halogens is 2. The van der Waals surface area contributed by atoms with Gasteiger partial charge in [0.15, 0.2) is 0 Å². The monoisotopic (exact) mass is 337 g/mol. The van der Waals surface area contributed by atoms with Crippen LogP contribution in [0.3, 0.4) is 0 Å². The van der Waals surface area contributed by atoms with Gasteiger partial charge in [-0.25, -0.2) is 4.79 Å². The summed E-state index contributed by atoms with van der Waals surface area (Å²) in [7, 11) is 0. The Morgan fingerprint density at radius 1 is 1.21 bits per heavy atom. The highest BCUT2D eigenvalue weighted by molar-refractivity contribution is 5.95. The summed E-state index contributed by atoms with van der Waals surface area (Å²) < 4.78 is 34.1. The molecule has 0 saturated heterocycles. The molecule has 0 heterocycles. The third kappa shape index (κ3) is 4.03. The molecule has 0 N–H and O–H groups in total. The van der Waals surface area contributed by atoms with E-state index in [0.29, 0.717) is 5.56 Å². The summed E-state index contributed by atoms with van der Waals surface area (Å²) in [4.78, 5) is 22.5. The number of nitro groups is 1. The standard InChI is InChI=1S/C16H13F2NO5/c1-10-5-4-7-12(19(21)22)14(10)15(20)23-9-11-6-2-3-8-13(11)24-16(17)18/h2-8,16H,9H2,1H3. The van der Waals surface area contributed by atoms with Gasteiger partial charge >= 0.3 is 12.6 Å². The number of alkyl halides is 2. The SMILES string of the molecule is Cc1cccc([N+](=O)[O-])c1C(=O)OCc1ccccc1OC(F)F. The summed E-state index contributed by atoms with van der Waals surface area (Å²) in [6, 6.07) is 10.0. The Hall–Kier alpha value is -3.03. The van der Waals surface area contributed by atoms with Crippen molar-refractivity contribution in [3.8, 4) is 5.75 Å². The van der Waals surface area contributed by atoms with Crippen LogP contribution in [0.2, 0.25) is 0 Å². The number of hydrogen-bond acceptors (Lipinski definition) is 5. The fourth-order valence-corrected chi connectivity index (χ4v) is 2.12. The molecular weight excluding hydrogens is 324 g/mol. The number of hydrogen-bond donors (Lipinski definition) is 0. The number of carbonyl (C=O) groups is 1. The maximum Gasteiger partial charge on any atom is 0.387 e. The number of para-hydroxylation sites is 1. The number of esters is 1. The van der Waals surface area contributed by atoms with Gasteiger partial charge in [-0.1, -0.05) is 30.3 Å². The number of nitrogens with zero attached hydrogens (tertiary/aromatic N) is 1. The van der Waals surface area contributed by atoms with Gasteiger partial charge in [0, 0.05) is 11.6 Å². The van der Waals surface area contributed by atoms with Crippen molar-refractivity contribution < 1.29 is 28.0 Å². The molecule has 0 amide bonds. The van der Waals surface area contributed by atoms with Crippen LogP contribution in [0.25, 0.3) is 0 Å². The van der Waals surface area contributed by atoms with Gasteiger partial charge in [0.05, 0.1) is 4.92 Å². The zero-order valence-electron chi connectivity index (χ0n) is 12.6. The van der Waals surface area contributed by atoms with E-state index in [1.54, 1.807) is 6.07 Å². The second-order valence-electron chi connectivity index (χ2n) is 4.79. The molecular formula is C16H13F2NO5. The Bertz CT molecular complexity index is 764. The van der Waals surface area contributed by atoms with Crippen molar-refractivity contribution >= 4 is 11.7 Å². The van der Waals surface area contributed by atoms with E-state index in [1.165, 1.54) is 43.3 Å². The van der Waals surface area contributed by atoms with Crippen LogP contribution in [0.5, 0.6) is 5.75 Å². The van der Waals surface area contributed by atoms with Crippen molar-refractivity contribution in [2.24, 2.45) is 0 Å². The van der Waals surface area contributed by atoms with E-state index in [4.69, 9.17) is 4.74 Å². The first kappa shape index (κ1) is 17.3. The van der Waals surface area contributed by atoms with Crippen molar-refractivity contribution in [3.63, 3.8) is 0 Å². The zero-order valence-corrected chi connectivity index (χ0v) is 12.6. The van der Waals surface area contributed by atoms with Crippen LogP contribution < -0.4 is 4.74 Å². The van der Waals surface area contributed by atoms with Crippen LogP contribution in [-0.4, -0.2) is 17.5 Å². The van der Waals surface area contributed by atoms with Crippen LogP contribution in [0.15, 0.2) is 42.5 Å². The smallest absolute Gasteiger partial charge is 0.387 e. The third-order valence-corrected chi connectivity index (χ3v) is 3.20. The molecule has 0 aliphatic carbocycles. The summed E-state index contributed by atoms with van der Waals surface area (Å²) >= 11 is 0. The van der Waals surface area contributed by atoms with E-state index < -0.39 is 17.5 Å². The van der Waals surface area contributed by atoms with E-state index in [1.807, 2.05) is 0 Å². The molecule has 0 bridgehead atoms. The molecule has 2 aromatic rings. The molecule has 0 atom stereocenters. The molecule has 8 heteroatoms. The Morgan fingerprint density at radius 2 is 1.92 bits per heavy atom. The van der Waals surface area contributed by atoms with Crippen LogP contribution in [0, 0.1) is 17.0 Å². The average Bonchev–Trinajstić information content (AvgIpc) is 2.52. The number of ether oxygens (including phenoxy) is 2. The third-order valence-electron chi connectivity index (χ3n) is 3.20. The molecule has 0 saturated carbocycles. The molecule has 0 spiro atoms. The second kappa shape index (κ2) is 7.49. The lowest BCUT2D eigenvalue weighted by molar-refractivity contribution is -0.385. The van der Waals surface area contributed by atoms with Crippen molar-refractivity contribution in [1.29, 1.82) is 0 Å². The minimum Gasteiger partial charge on any atom is -0.457 e. The first-order valence-corrected chi connectivity index (χ1v) is 6.84. The maximum absolute atomic E-state index is 12.4. The van der Waals surface area contributed by atoms with E-state index in [0.717, 1.165) is 0 Å². The van der Waals surface area contributed by atoms with Gasteiger partial charge < -0.3 is 9.47 Å². The number of nitro benzene ring substituents is 1. The van der Waals surface area contributed by atoms with Gasteiger partial charge in [-0.3, -0.25) is 10.1 Å². The van der Waals surface area contributed by atoms with Gasteiger partial charge in [0.1, 0.15) is 17.9 Å². The number of benzene rings is 2. The topological polar surface area (TPSA) is 78.7 Å². The lowest BCUT2D eigenvalue weighted by atomic mass is 10.1. The molecule has 24 heavy (non-hydrogen) atoms. The zero-order chi connectivity index (χ0) is 17.7. The quantitative estimate of drug-likeness (QED) is 0.454. The summed E-state index contributed by atoms with van der Waals surface area (Å²) in [5, 5.41) is 11.0. The van der Waals surface area contributed by atoms with Crippen LogP contribution >= 0.6 is 0 Å². The van der Waals surface area contributed by atoms with Crippen molar-refractivity contribution in [3.05, 3.63) is 69.3 Å². The number of rotatable bonds is 6. The van der Waals surface area contributed by atoms with Gasteiger partial charge in [-0.05, 0) is 18.6 Å². The van der Waals surface area contributed by atoms with Gasteiger partial charge in [0.2, 0.25) is 0 Å². The molecule has 0 aromatic heterocycles. The van der Waals surface area contributed by atoms with Gasteiger partial charge in [-0.15, -0.1) is 0 Å². The molecule has 126 valence electrons. The van der Waals surface area contributed by atoms with Crippen molar-refractivity contribution in [2.45, 2.75) is 20.1 Å². The minimum absolute atomic E-state index is 0.125. The maximum atomic E-state index is 12.4.